The predicted molar refractivity (Wildman–Crippen MR) is 34.6 cm³/mol. The average molecular weight is 178 g/mol. The Morgan fingerprint density at radius 2 is 2.25 bits per heavy atom. The van der Waals surface area contributed by atoms with Crippen LogP contribution in [0, 0.1) is 5.92 Å². The molecule has 1 amide bonds. The summed E-state index contributed by atoms with van der Waals surface area (Å²) in [6.45, 7) is 0. The van der Waals surface area contributed by atoms with Crippen molar-refractivity contribution in [3.63, 3.8) is 0 Å². The minimum absolute atomic E-state index is 0.0671. The minimum atomic E-state index is -0.229. The zero-order valence-corrected chi connectivity index (χ0v) is 6.02. The van der Waals surface area contributed by atoms with Crippen LogP contribution in [0.15, 0.2) is 0 Å². The molecule has 0 bridgehead atoms. The summed E-state index contributed by atoms with van der Waals surface area (Å²) in [7, 11) is 0. The summed E-state index contributed by atoms with van der Waals surface area (Å²) in [6, 6.07) is 0. The van der Waals surface area contributed by atoms with Crippen LogP contribution in [-0.4, -0.2) is 10.7 Å². The molecule has 1 aliphatic carbocycles. The van der Waals surface area contributed by atoms with Gasteiger partial charge in [0.15, 0.2) is 0 Å². The number of alkyl halides is 1. The van der Waals surface area contributed by atoms with Crippen LogP contribution in [0.4, 0.5) is 0 Å². The van der Waals surface area contributed by atoms with Gasteiger partial charge in [0.05, 0.1) is 4.83 Å². The first-order chi connectivity index (χ1) is 3.72. The first-order valence-electron chi connectivity index (χ1n) is 2.65. The fraction of sp³-hybridized carbons (Fsp3) is 0.800. The summed E-state index contributed by atoms with van der Waals surface area (Å²) >= 11 is 3.19. The molecular formula is C5H8BrNO. The van der Waals surface area contributed by atoms with Crippen molar-refractivity contribution in [3.05, 3.63) is 0 Å². The van der Waals surface area contributed by atoms with Crippen molar-refractivity contribution in [2.45, 2.75) is 17.7 Å². The maximum atomic E-state index is 10.4. The van der Waals surface area contributed by atoms with Crippen molar-refractivity contribution in [2.24, 2.45) is 11.7 Å². The monoisotopic (exact) mass is 177 g/mol. The van der Waals surface area contributed by atoms with E-state index >= 15 is 0 Å². The molecule has 1 rings (SSSR count). The van der Waals surface area contributed by atoms with Crippen molar-refractivity contribution in [1.82, 2.24) is 0 Å². The third kappa shape index (κ3) is 1.22. The Balaban J connectivity index is 2.32. The first-order valence-corrected chi connectivity index (χ1v) is 3.57. The van der Waals surface area contributed by atoms with E-state index in [2.05, 4.69) is 15.9 Å². The van der Waals surface area contributed by atoms with Gasteiger partial charge in [0, 0.05) is 0 Å². The molecule has 46 valence electrons. The van der Waals surface area contributed by atoms with Gasteiger partial charge in [-0.1, -0.05) is 15.9 Å². The van der Waals surface area contributed by atoms with Crippen LogP contribution >= 0.6 is 15.9 Å². The molecule has 0 spiro atoms. The van der Waals surface area contributed by atoms with Crippen LogP contribution in [0.5, 0.6) is 0 Å². The lowest BCUT2D eigenvalue weighted by Crippen LogP contribution is -2.24. The number of nitrogens with two attached hydrogens (primary N) is 1. The largest absolute Gasteiger partial charge is 0.369 e. The third-order valence-corrected chi connectivity index (χ3v) is 2.51. The smallest absolute Gasteiger partial charge is 0.231 e. The Morgan fingerprint density at radius 3 is 2.38 bits per heavy atom. The Kier molecular flexibility index (Phi) is 1.56. The molecule has 0 saturated heterocycles. The van der Waals surface area contributed by atoms with E-state index in [4.69, 9.17) is 5.73 Å². The number of primary amides is 1. The molecule has 0 heterocycles. The Morgan fingerprint density at radius 1 is 1.75 bits per heavy atom. The molecular weight excluding hydrogens is 170 g/mol. The van der Waals surface area contributed by atoms with Gasteiger partial charge < -0.3 is 5.73 Å². The Labute approximate surface area is 56.6 Å². The van der Waals surface area contributed by atoms with Gasteiger partial charge in [0.1, 0.15) is 0 Å². The van der Waals surface area contributed by atoms with Crippen molar-refractivity contribution in [2.75, 3.05) is 0 Å². The Bertz CT molecular complexity index is 111. The topological polar surface area (TPSA) is 43.1 Å². The predicted octanol–water partition coefficient (Wildman–Crippen LogP) is 0.645. The van der Waals surface area contributed by atoms with Gasteiger partial charge in [-0.2, -0.15) is 0 Å². The summed E-state index contributed by atoms with van der Waals surface area (Å²) < 4.78 is 0. The lowest BCUT2D eigenvalue weighted by atomic mass is 10.3. The fourth-order valence-corrected chi connectivity index (χ4v) is 1.15. The molecule has 0 aromatic heterocycles. The second kappa shape index (κ2) is 2.05. The zero-order chi connectivity index (χ0) is 6.15. The van der Waals surface area contributed by atoms with Crippen LogP contribution in [0.3, 0.4) is 0 Å². The van der Waals surface area contributed by atoms with E-state index < -0.39 is 0 Å². The molecule has 3 heteroatoms. The molecule has 8 heavy (non-hydrogen) atoms. The quantitative estimate of drug-likeness (QED) is 0.619. The van der Waals surface area contributed by atoms with Gasteiger partial charge in [0.25, 0.3) is 0 Å². The van der Waals surface area contributed by atoms with Gasteiger partial charge >= 0.3 is 0 Å². The van der Waals surface area contributed by atoms with E-state index in [9.17, 15) is 4.79 Å². The summed E-state index contributed by atoms with van der Waals surface area (Å²) in [4.78, 5) is 10.3. The fourth-order valence-electron chi connectivity index (χ4n) is 0.621. The standard InChI is InChI=1S/C5H8BrNO/c6-4(5(7)8)3-1-2-3/h3-4H,1-2H2,(H2,7,8). The van der Waals surface area contributed by atoms with Gasteiger partial charge in [-0.05, 0) is 18.8 Å². The second-order valence-electron chi connectivity index (χ2n) is 2.14. The number of hydrogen-bond acceptors (Lipinski definition) is 1. The van der Waals surface area contributed by atoms with Crippen LogP contribution in [-0.2, 0) is 4.79 Å². The number of halogens is 1. The lowest BCUT2D eigenvalue weighted by molar-refractivity contribution is -0.117. The van der Waals surface area contributed by atoms with E-state index in [1.807, 2.05) is 0 Å². The van der Waals surface area contributed by atoms with Gasteiger partial charge in [-0.15, -0.1) is 0 Å². The summed E-state index contributed by atoms with van der Waals surface area (Å²) in [5.74, 6) is 0.306. The second-order valence-corrected chi connectivity index (χ2v) is 3.13. The van der Waals surface area contributed by atoms with Gasteiger partial charge in [-0.3, -0.25) is 4.79 Å². The van der Waals surface area contributed by atoms with Gasteiger partial charge in [-0.25, -0.2) is 0 Å². The number of rotatable bonds is 2. The normalized spacial score (nSPS) is 22.6. The molecule has 2 N–H and O–H groups in total. The van der Waals surface area contributed by atoms with Gasteiger partial charge in [0.2, 0.25) is 5.91 Å². The highest BCUT2D eigenvalue weighted by molar-refractivity contribution is 9.10. The first kappa shape index (κ1) is 6.08. The molecule has 0 radical (unpaired) electrons. The van der Waals surface area contributed by atoms with Crippen molar-refractivity contribution in [3.8, 4) is 0 Å². The summed E-state index contributed by atoms with van der Waals surface area (Å²) in [5.41, 5.74) is 4.99. The van der Waals surface area contributed by atoms with Crippen molar-refractivity contribution >= 4 is 21.8 Å². The minimum Gasteiger partial charge on any atom is -0.369 e. The molecule has 2 nitrogen and oxygen atoms in total. The van der Waals surface area contributed by atoms with E-state index in [1.165, 1.54) is 0 Å². The molecule has 1 unspecified atom stereocenters. The third-order valence-electron chi connectivity index (χ3n) is 1.31. The highest BCUT2D eigenvalue weighted by atomic mass is 79.9. The molecule has 0 aromatic carbocycles. The van der Waals surface area contributed by atoms with E-state index in [0.717, 1.165) is 12.8 Å². The average Bonchev–Trinajstić information content (AvgIpc) is 2.43. The van der Waals surface area contributed by atoms with Crippen LogP contribution in [0.1, 0.15) is 12.8 Å². The van der Waals surface area contributed by atoms with Crippen LogP contribution in [0.2, 0.25) is 0 Å². The molecule has 0 aromatic rings. The van der Waals surface area contributed by atoms with E-state index in [1.54, 1.807) is 0 Å². The van der Waals surface area contributed by atoms with Crippen molar-refractivity contribution in [1.29, 1.82) is 0 Å². The van der Waals surface area contributed by atoms with Crippen molar-refractivity contribution < 1.29 is 4.79 Å². The lowest BCUT2D eigenvalue weighted by Gasteiger charge is -1.98. The number of hydrogen-bond donors (Lipinski definition) is 1. The highest BCUT2D eigenvalue weighted by Crippen LogP contribution is 2.36. The van der Waals surface area contributed by atoms with Crippen LogP contribution < -0.4 is 5.73 Å². The molecule has 1 fully saturated rings. The Hall–Kier alpha value is -0.0500. The molecule has 1 aliphatic rings. The number of carbonyl (C=O) groups is 1. The van der Waals surface area contributed by atoms with E-state index in [-0.39, 0.29) is 10.7 Å². The molecule has 0 aliphatic heterocycles. The SMILES string of the molecule is NC(=O)C(Br)C1CC1. The molecule has 1 saturated carbocycles. The number of carbonyl (C=O) groups excluding carboxylic acids is 1. The zero-order valence-electron chi connectivity index (χ0n) is 4.43. The number of amides is 1. The summed E-state index contributed by atoms with van der Waals surface area (Å²) in [5, 5.41) is 0. The maximum Gasteiger partial charge on any atom is 0.231 e. The maximum absolute atomic E-state index is 10.4. The van der Waals surface area contributed by atoms with E-state index in [0.29, 0.717) is 5.92 Å². The summed E-state index contributed by atoms with van der Waals surface area (Å²) in [6.07, 6.45) is 2.30. The highest BCUT2D eigenvalue weighted by Gasteiger charge is 2.32. The van der Waals surface area contributed by atoms with Crippen LogP contribution in [0.25, 0.3) is 0 Å². The molecule has 1 atom stereocenters.